The summed E-state index contributed by atoms with van der Waals surface area (Å²) in [6.07, 6.45) is 0.990. The van der Waals surface area contributed by atoms with Crippen LogP contribution in [0.5, 0.6) is 0 Å². The summed E-state index contributed by atoms with van der Waals surface area (Å²) in [5.74, 6) is 0.729. The average molecular weight is 380 g/mol. The van der Waals surface area contributed by atoms with Gasteiger partial charge in [0.2, 0.25) is 5.91 Å². The average Bonchev–Trinajstić information content (AvgIpc) is 3.16. The number of hydrogen-bond donors (Lipinski definition) is 2. The molecule has 6 nitrogen and oxygen atoms in total. The number of ketones is 1. The predicted molar refractivity (Wildman–Crippen MR) is 107 cm³/mol. The summed E-state index contributed by atoms with van der Waals surface area (Å²) in [5.41, 5.74) is 3.49. The van der Waals surface area contributed by atoms with Crippen molar-refractivity contribution in [2.75, 3.05) is 11.1 Å². The normalized spacial score (nSPS) is 10.6. The first-order valence-electron chi connectivity index (χ1n) is 8.61. The van der Waals surface area contributed by atoms with Gasteiger partial charge >= 0.3 is 0 Å². The molecule has 1 amide bonds. The summed E-state index contributed by atoms with van der Waals surface area (Å²) in [7, 11) is 0. The first kappa shape index (κ1) is 18.8. The third-order valence-corrected chi connectivity index (χ3v) is 4.88. The number of benzene rings is 2. The number of nitrogens with zero attached hydrogens (tertiary/aromatic N) is 2. The molecule has 0 saturated carbocycles. The van der Waals surface area contributed by atoms with Crippen LogP contribution in [0.2, 0.25) is 0 Å². The van der Waals surface area contributed by atoms with Gasteiger partial charge in [0, 0.05) is 16.8 Å². The summed E-state index contributed by atoms with van der Waals surface area (Å²) < 4.78 is 0. The van der Waals surface area contributed by atoms with Gasteiger partial charge in [-0.15, -0.1) is 10.2 Å². The Hall–Kier alpha value is -2.93. The maximum absolute atomic E-state index is 12.1. The van der Waals surface area contributed by atoms with Gasteiger partial charge in [-0.05, 0) is 43.2 Å². The zero-order valence-electron chi connectivity index (χ0n) is 15.2. The number of amides is 1. The van der Waals surface area contributed by atoms with E-state index in [0.29, 0.717) is 22.2 Å². The van der Waals surface area contributed by atoms with E-state index in [9.17, 15) is 9.59 Å². The van der Waals surface area contributed by atoms with Crippen molar-refractivity contribution in [2.45, 2.75) is 25.4 Å². The Kier molecular flexibility index (Phi) is 6.03. The highest BCUT2D eigenvalue weighted by Crippen LogP contribution is 2.20. The van der Waals surface area contributed by atoms with Crippen molar-refractivity contribution < 1.29 is 9.59 Å². The highest BCUT2D eigenvalue weighted by atomic mass is 32.2. The van der Waals surface area contributed by atoms with Crippen LogP contribution >= 0.6 is 11.8 Å². The summed E-state index contributed by atoms with van der Waals surface area (Å²) in [4.78, 5) is 26.5. The highest BCUT2D eigenvalue weighted by Gasteiger charge is 2.09. The number of nitrogens with one attached hydrogen (secondary N) is 2. The number of anilines is 1. The molecule has 0 aliphatic carbocycles. The molecule has 0 spiro atoms. The quantitative estimate of drug-likeness (QED) is 0.478. The summed E-state index contributed by atoms with van der Waals surface area (Å²) in [6.45, 7) is 3.62. The van der Waals surface area contributed by atoms with E-state index >= 15 is 0 Å². The van der Waals surface area contributed by atoms with Crippen molar-refractivity contribution in [1.29, 1.82) is 0 Å². The molecule has 0 aliphatic rings. The molecule has 0 saturated heterocycles. The number of carbonyl (C=O) groups excluding carboxylic acids is 2. The number of thioether (sulfide) groups is 1. The second-order valence-corrected chi connectivity index (χ2v) is 6.96. The number of hydrogen-bond acceptors (Lipinski definition) is 5. The number of carbonyl (C=O) groups is 2. The maximum Gasteiger partial charge on any atom is 0.234 e. The molecular formula is C20H20N4O2S. The number of aromatic nitrogens is 3. The Labute approximate surface area is 161 Å². The van der Waals surface area contributed by atoms with Crippen molar-refractivity contribution in [2.24, 2.45) is 0 Å². The summed E-state index contributed by atoms with van der Waals surface area (Å²) in [5, 5.41) is 11.6. The number of aromatic amines is 1. The van der Waals surface area contributed by atoms with Gasteiger partial charge in [0.25, 0.3) is 0 Å². The molecule has 3 aromatic rings. The minimum Gasteiger partial charge on any atom is -0.325 e. The Morgan fingerprint density at radius 1 is 1.04 bits per heavy atom. The lowest BCUT2D eigenvalue weighted by molar-refractivity contribution is -0.113. The molecular weight excluding hydrogens is 360 g/mol. The van der Waals surface area contributed by atoms with Crippen LogP contribution in [0, 0.1) is 0 Å². The van der Waals surface area contributed by atoms with E-state index in [1.165, 1.54) is 24.2 Å². The van der Waals surface area contributed by atoms with E-state index in [4.69, 9.17) is 0 Å². The van der Waals surface area contributed by atoms with Gasteiger partial charge in [-0.2, -0.15) is 0 Å². The number of aryl methyl sites for hydroxylation is 1. The van der Waals surface area contributed by atoms with Gasteiger partial charge in [-0.1, -0.05) is 43.0 Å². The molecule has 2 N–H and O–H groups in total. The van der Waals surface area contributed by atoms with Crippen LogP contribution < -0.4 is 5.32 Å². The van der Waals surface area contributed by atoms with Gasteiger partial charge in [0.1, 0.15) is 0 Å². The second-order valence-electron chi connectivity index (χ2n) is 6.00. The molecule has 0 unspecified atom stereocenters. The van der Waals surface area contributed by atoms with Gasteiger partial charge in [-0.3, -0.25) is 9.59 Å². The summed E-state index contributed by atoms with van der Waals surface area (Å²) >= 11 is 1.28. The van der Waals surface area contributed by atoms with E-state index in [0.717, 1.165) is 12.0 Å². The lowest BCUT2D eigenvalue weighted by atomic mass is 10.1. The van der Waals surface area contributed by atoms with E-state index in [1.54, 1.807) is 24.3 Å². The number of rotatable bonds is 7. The molecule has 138 valence electrons. The van der Waals surface area contributed by atoms with Crippen LogP contribution in [0.4, 0.5) is 5.69 Å². The van der Waals surface area contributed by atoms with Crippen LogP contribution in [0.1, 0.15) is 29.8 Å². The molecule has 1 heterocycles. The van der Waals surface area contributed by atoms with Crippen LogP contribution in [-0.2, 0) is 11.2 Å². The molecule has 3 rings (SSSR count). The molecule has 1 aromatic heterocycles. The smallest absolute Gasteiger partial charge is 0.234 e. The molecule has 0 radical (unpaired) electrons. The minimum absolute atomic E-state index is 0.00566. The van der Waals surface area contributed by atoms with Crippen molar-refractivity contribution in [1.82, 2.24) is 15.2 Å². The van der Waals surface area contributed by atoms with Crippen molar-refractivity contribution >= 4 is 29.1 Å². The lowest BCUT2D eigenvalue weighted by Gasteiger charge is -2.04. The fourth-order valence-electron chi connectivity index (χ4n) is 2.46. The highest BCUT2D eigenvalue weighted by molar-refractivity contribution is 7.99. The fraction of sp³-hybridized carbons (Fsp3) is 0.200. The molecule has 27 heavy (non-hydrogen) atoms. The van der Waals surface area contributed by atoms with E-state index < -0.39 is 0 Å². The fourth-order valence-corrected chi connectivity index (χ4v) is 3.07. The number of H-pyrrole nitrogens is 1. The van der Waals surface area contributed by atoms with Crippen molar-refractivity contribution in [3.63, 3.8) is 0 Å². The third kappa shape index (κ3) is 5.04. The Morgan fingerprint density at radius 3 is 2.37 bits per heavy atom. The van der Waals surface area contributed by atoms with E-state index in [1.807, 2.05) is 12.1 Å². The first-order valence-corrected chi connectivity index (χ1v) is 9.59. The summed E-state index contributed by atoms with van der Waals surface area (Å²) in [6, 6.07) is 15.0. The van der Waals surface area contributed by atoms with Gasteiger partial charge in [0.05, 0.1) is 5.75 Å². The number of Topliss-reactive ketones (excluding diaryl/α,β-unsaturated/α-hetero) is 1. The van der Waals surface area contributed by atoms with Crippen LogP contribution in [0.15, 0.2) is 53.7 Å². The Balaban J connectivity index is 1.54. The molecule has 2 aromatic carbocycles. The van der Waals surface area contributed by atoms with Crippen molar-refractivity contribution in [3.8, 4) is 11.4 Å². The topological polar surface area (TPSA) is 87.7 Å². The van der Waals surface area contributed by atoms with E-state index in [-0.39, 0.29) is 17.4 Å². The molecule has 0 bridgehead atoms. The van der Waals surface area contributed by atoms with Gasteiger partial charge < -0.3 is 10.3 Å². The molecule has 7 heteroatoms. The third-order valence-electron chi connectivity index (χ3n) is 4.02. The first-order chi connectivity index (χ1) is 13.0. The predicted octanol–water partition coefficient (Wildman–Crippen LogP) is 3.97. The van der Waals surface area contributed by atoms with Crippen molar-refractivity contribution in [3.05, 3.63) is 59.7 Å². The lowest BCUT2D eigenvalue weighted by Crippen LogP contribution is -2.14. The zero-order valence-corrected chi connectivity index (χ0v) is 16.0. The van der Waals surface area contributed by atoms with Crippen LogP contribution in [0.3, 0.4) is 0 Å². The zero-order chi connectivity index (χ0) is 19.2. The largest absolute Gasteiger partial charge is 0.325 e. The van der Waals surface area contributed by atoms with Gasteiger partial charge in [0.15, 0.2) is 16.8 Å². The van der Waals surface area contributed by atoms with Crippen LogP contribution in [-0.4, -0.2) is 32.6 Å². The SMILES string of the molecule is CCc1ccc(-c2nnc(SCC(=O)Nc3ccc(C(C)=O)cc3)[nH]2)cc1. The van der Waals surface area contributed by atoms with E-state index in [2.05, 4.69) is 39.6 Å². The maximum atomic E-state index is 12.1. The molecule has 0 fully saturated rings. The monoisotopic (exact) mass is 380 g/mol. The molecule has 0 aliphatic heterocycles. The second kappa shape index (κ2) is 8.64. The standard InChI is InChI=1S/C20H20N4O2S/c1-3-14-4-6-16(7-5-14)19-22-20(24-23-19)27-12-18(26)21-17-10-8-15(9-11-17)13(2)25/h4-11H,3,12H2,1-2H3,(H,21,26)(H,22,23,24). The minimum atomic E-state index is -0.152. The Morgan fingerprint density at radius 2 is 1.74 bits per heavy atom. The molecule has 0 atom stereocenters. The Bertz CT molecular complexity index is 933. The van der Waals surface area contributed by atoms with Crippen LogP contribution in [0.25, 0.3) is 11.4 Å². The van der Waals surface area contributed by atoms with Gasteiger partial charge in [-0.25, -0.2) is 0 Å².